The molecule has 2 atom stereocenters. The Hall–Kier alpha value is -2.74. The smallest absolute Gasteiger partial charge is 0.416 e. The van der Waals surface area contributed by atoms with Gasteiger partial charge >= 0.3 is 6.18 Å². The lowest BCUT2D eigenvalue weighted by atomic mass is 10.0. The molecule has 1 fully saturated rings. The van der Waals surface area contributed by atoms with E-state index in [4.69, 9.17) is 14.2 Å². The molecule has 1 aliphatic carbocycles. The van der Waals surface area contributed by atoms with E-state index in [-0.39, 0.29) is 18.3 Å². The number of halogens is 3. The van der Waals surface area contributed by atoms with E-state index in [1.165, 1.54) is 12.1 Å². The Bertz CT molecular complexity index is 931. The molecule has 2 aromatic rings. The highest BCUT2D eigenvalue weighted by molar-refractivity contribution is 5.83. The average molecular weight is 421 g/mol. The van der Waals surface area contributed by atoms with Crippen molar-refractivity contribution in [2.45, 2.75) is 25.1 Å². The monoisotopic (exact) mass is 421 g/mol. The van der Waals surface area contributed by atoms with E-state index in [1.54, 1.807) is 24.1 Å². The number of alkyl halides is 3. The van der Waals surface area contributed by atoms with Gasteiger partial charge in [-0.3, -0.25) is 4.79 Å². The number of hydrogen-bond donors (Lipinski definition) is 0. The molecule has 1 amide bonds. The Labute approximate surface area is 172 Å². The van der Waals surface area contributed by atoms with Crippen LogP contribution in [0.5, 0.6) is 11.5 Å². The first-order valence-corrected chi connectivity index (χ1v) is 9.71. The maximum absolute atomic E-state index is 13.4. The highest BCUT2D eigenvalue weighted by atomic mass is 19.4. The van der Waals surface area contributed by atoms with Crippen LogP contribution in [0, 0.1) is 5.92 Å². The van der Waals surface area contributed by atoms with Gasteiger partial charge in [-0.05, 0) is 41.7 Å². The molecule has 0 N–H and O–H groups in total. The Morgan fingerprint density at radius 3 is 2.70 bits per heavy atom. The van der Waals surface area contributed by atoms with Gasteiger partial charge in [-0.25, -0.2) is 0 Å². The molecule has 0 saturated heterocycles. The summed E-state index contributed by atoms with van der Waals surface area (Å²) >= 11 is 0. The summed E-state index contributed by atoms with van der Waals surface area (Å²) in [5, 5.41) is 0. The zero-order valence-electron chi connectivity index (χ0n) is 16.4. The number of amides is 1. The van der Waals surface area contributed by atoms with Crippen molar-refractivity contribution in [3.05, 3.63) is 59.2 Å². The highest BCUT2D eigenvalue weighted by Gasteiger charge is 2.49. The van der Waals surface area contributed by atoms with Crippen LogP contribution in [-0.2, 0) is 22.3 Å². The Balaban J connectivity index is 1.50. The molecule has 1 saturated carbocycles. The number of benzene rings is 2. The first-order valence-electron chi connectivity index (χ1n) is 9.71. The summed E-state index contributed by atoms with van der Waals surface area (Å²) in [5.74, 6) is 0.234. The predicted molar refractivity (Wildman–Crippen MR) is 102 cm³/mol. The molecule has 0 aromatic heterocycles. The molecule has 1 aliphatic heterocycles. The molecular formula is C22H22F3NO4. The van der Waals surface area contributed by atoms with Crippen molar-refractivity contribution in [1.29, 1.82) is 0 Å². The van der Waals surface area contributed by atoms with Gasteiger partial charge in [0.1, 0.15) is 0 Å². The fourth-order valence-electron chi connectivity index (χ4n) is 3.85. The van der Waals surface area contributed by atoms with Gasteiger partial charge in [0.05, 0.1) is 12.2 Å². The molecule has 30 heavy (non-hydrogen) atoms. The Morgan fingerprint density at radius 1 is 1.17 bits per heavy atom. The third kappa shape index (κ3) is 4.23. The van der Waals surface area contributed by atoms with Crippen molar-refractivity contribution in [2.75, 3.05) is 27.1 Å². The number of methoxy groups -OCH3 is 1. The van der Waals surface area contributed by atoms with E-state index in [0.29, 0.717) is 37.6 Å². The van der Waals surface area contributed by atoms with Crippen molar-refractivity contribution in [3.8, 4) is 11.5 Å². The number of fused-ring (bicyclic) bond motifs is 1. The zero-order valence-corrected chi connectivity index (χ0v) is 16.4. The molecule has 8 heteroatoms. The molecule has 2 unspecified atom stereocenters. The number of hydrogen-bond acceptors (Lipinski definition) is 4. The third-order valence-electron chi connectivity index (χ3n) is 5.46. The van der Waals surface area contributed by atoms with Crippen molar-refractivity contribution in [1.82, 2.24) is 4.90 Å². The van der Waals surface area contributed by atoms with Gasteiger partial charge in [-0.15, -0.1) is 0 Å². The van der Waals surface area contributed by atoms with Gasteiger partial charge in [-0.2, -0.15) is 13.2 Å². The summed E-state index contributed by atoms with van der Waals surface area (Å²) in [6.07, 6.45) is -4.02. The molecule has 0 radical (unpaired) electrons. The van der Waals surface area contributed by atoms with Crippen LogP contribution in [0.2, 0.25) is 0 Å². The topological polar surface area (TPSA) is 48.0 Å². The lowest BCUT2D eigenvalue weighted by molar-refractivity contribution is -0.139. The van der Waals surface area contributed by atoms with E-state index in [0.717, 1.165) is 11.6 Å². The van der Waals surface area contributed by atoms with Crippen LogP contribution in [0.15, 0.2) is 42.5 Å². The number of rotatable bonds is 7. The van der Waals surface area contributed by atoms with Crippen LogP contribution >= 0.6 is 0 Å². The second kappa shape index (κ2) is 8.18. The van der Waals surface area contributed by atoms with Gasteiger partial charge in [0.25, 0.3) is 0 Å². The molecule has 2 aromatic carbocycles. The fourth-order valence-corrected chi connectivity index (χ4v) is 3.85. The Kier molecular flexibility index (Phi) is 5.60. The lowest BCUT2D eigenvalue weighted by Gasteiger charge is -2.23. The van der Waals surface area contributed by atoms with Crippen LogP contribution in [0.3, 0.4) is 0 Å². The minimum atomic E-state index is -4.44. The molecule has 2 aliphatic rings. The van der Waals surface area contributed by atoms with Crippen molar-refractivity contribution < 1.29 is 32.2 Å². The summed E-state index contributed by atoms with van der Waals surface area (Å²) in [4.78, 5) is 14.8. The van der Waals surface area contributed by atoms with Crippen LogP contribution in [-0.4, -0.2) is 37.9 Å². The molecule has 4 rings (SSSR count). The maximum Gasteiger partial charge on any atom is 0.416 e. The van der Waals surface area contributed by atoms with Crippen molar-refractivity contribution >= 4 is 5.91 Å². The minimum Gasteiger partial charge on any atom is -0.454 e. The van der Waals surface area contributed by atoms with Gasteiger partial charge in [0, 0.05) is 26.1 Å². The fraction of sp³-hybridized carbons (Fsp3) is 0.409. The number of carbonyl (C=O) groups is 1. The van der Waals surface area contributed by atoms with E-state index in [2.05, 4.69) is 0 Å². The number of ether oxygens (including phenoxy) is 3. The minimum absolute atomic E-state index is 0.160. The lowest BCUT2D eigenvalue weighted by Crippen LogP contribution is -2.35. The van der Waals surface area contributed by atoms with Crippen LogP contribution in [0.1, 0.15) is 29.0 Å². The maximum atomic E-state index is 13.4. The summed E-state index contributed by atoms with van der Waals surface area (Å²) in [6.45, 7) is 1.18. The predicted octanol–water partition coefficient (Wildman–Crippen LogP) is 4.21. The van der Waals surface area contributed by atoms with Gasteiger partial charge in [0.2, 0.25) is 12.7 Å². The van der Waals surface area contributed by atoms with Gasteiger partial charge < -0.3 is 19.1 Å². The molecule has 1 heterocycles. The van der Waals surface area contributed by atoms with Crippen LogP contribution in [0.25, 0.3) is 0 Å². The van der Waals surface area contributed by atoms with Crippen molar-refractivity contribution in [2.24, 2.45) is 5.92 Å². The zero-order chi connectivity index (χ0) is 21.3. The Morgan fingerprint density at radius 2 is 1.93 bits per heavy atom. The average Bonchev–Trinajstić information content (AvgIpc) is 3.39. The van der Waals surface area contributed by atoms with Gasteiger partial charge in [-0.1, -0.05) is 24.3 Å². The quantitative estimate of drug-likeness (QED) is 0.672. The van der Waals surface area contributed by atoms with Gasteiger partial charge in [0.15, 0.2) is 11.5 Å². The number of nitrogens with zero attached hydrogens (tertiary/aromatic N) is 1. The highest BCUT2D eigenvalue weighted by Crippen LogP contribution is 2.51. The second-order valence-electron chi connectivity index (χ2n) is 7.47. The van der Waals surface area contributed by atoms with Crippen LogP contribution < -0.4 is 9.47 Å². The number of carbonyl (C=O) groups excluding carboxylic acids is 1. The van der Waals surface area contributed by atoms with E-state index < -0.39 is 23.6 Å². The molecule has 0 bridgehead atoms. The van der Waals surface area contributed by atoms with E-state index in [1.807, 2.05) is 12.1 Å². The first-order chi connectivity index (χ1) is 14.4. The van der Waals surface area contributed by atoms with Crippen LogP contribution in [0.4, 0.5) is 13.2 Å². The molecular weight excluding hydrogens is 399 g/mol. The van der Waals surface area contributed by atoms with E-state index in [9.17, 15) is 18.0 Å². The molecule has 0 spiro atoms. The molecule has 5 nitrogen and oxygen atoms in total. The largest absolute Gasteiger partial charge is 0.454 e. The normalized spacial score (nSPS) is 19.6. The second-order valence-corrected chi connectivity index (χ2v) is 7.47. The summed E-state index contributed by atoms with van der Waals surface area (Å²) in [6, 6.07) is 11.0. The third-order valence-corrected chi connectivity index (χ3v) is 5.46. The standard InChI is InChI=1S/C22H22F3NO4/c1-28-9-8-26(12-14-6-7-19-20(10-14)30-13-29-19)21(27)17-11-16(17)15-4-2-3-5-18(15)22(23,24)25/h2-7,10,16-17H,8-9,11-13H2,1H3. The van der Waals surface area contributed by atoms with E-state index >= 15 is 0 Å². The summed E-state index contributed by atoms with van der Waals surface area (Å²) in [7, 11) is 1.54. The van der Waals surface area contributed by atoms with Crippen molar-refractivity contribution in [3.63, 3.8) is 0 Å². The summed E-state index contributed by atoms with van der Waals surface area (Å²) in [5.41, 5.74) is 0.388. The molecule has 160 valence electrons. The first kappa shape index (κ1) is 20.5. The SMILES string of the molecule is COCCN(Cc1ccc2c(c1)OCO2)C(=O)C1CC1c1ccccc1C(F)(F)F. The summed E-state index contributed by atoms with van der Waals surface area (Å²) < 4.78 is 55.9.